The standard InChI is InChI=1S/C22H29BrN2O3/c1-2-6-19-21(18-7-4-3-5-8-18)22(23)24-25(19)13-16-9-11-17(12-10-16)14-28-15-20(26)27/h3-5,7-8,16-17H,2,6,9-15H2,1H3,(H,26,27). The second kappa shape index (κ2) is 10.2. The Labute approximate surface area is 175 Å². The first-order chi connectivity index (χ1) is 13.6. The van der Waals surface area contributed by atoms with Gasteiger partial charge in [-0.05, 0) is 65.4 Å². The fourth-order valence-electron chi connectivity index (χ4n) is 4.14. The van der Waals surface area contributed by atoms with Crippen molar-refractivity contribution >= 4 is 21.9 Å². The third-order valence-electron chi connectivity index (χ3n) is 5.54. The molecule has 1 aromatic heterocycles. The van der Waals surface area contributed by atoms with E-state index in [1.54, 1.807) is 0 Å². The molecule has 1 aromatic carbocycles. The van der Waals surface area contributed by atoms with E-state index in [0.29, 0.717) is 18.4 Å². The van der Waals surface area contributed by atoms with Crippen LogP contribution in [0.4, 0.5) is 0 Å². The van der Waals surface area contributed by atoms with Gasteiger partial charge in [-0.2, -0.15) is 5.10 Å². The van der Waals surface area contributed by atoms with Crippen LogP contribution < -0.4 is 0 Å². The SMILES string of the molecule is CCCc1c(-c2ccccc2)c(Br)nn1CC1CCC(COCC(=O)O)CC1. The molecule has 1 N–H and O–H groups in total. The molecule has 1 saturated carbocycles. The Hall–Kier alpha value is -1.66. The van der Waals surface area contributed by atoms with Gasteiger partial charge < -0.3 is 9.84 Å². The van der Waals surface area contributed by atoms with Crippen LogP contribution >= 0.6 is 15.9 Å². The summed E-state index contributed by atoms with van der Waals surface area (Å²) in [5.74, 6) is 0.201. The zero-order valence-electron chi connectivity index (χ0n) is 16.4. The highest BCUT2D eigenvalue weighted by atomic mass is 79.9. The van der Waals surface area contributed by atoms with Gasteiger partial charge in [-0.3, -0.25) is 4.68 Å². The molecule has 0 radical (unpaired) electrons. The van der Waals surface area contributed by atoms with E-state index in [2.05, 4.69) is 51.8 Å². The average molecular weight is 449 g/mol. The van der Waals surface area contributed by atoms with Crippen molar-refractivity contribution in [3.05, 3.63) is 40.6 Å². The Morgan fingerprint density at radius 3 is 2.54 bits per heavy atom. The minimum atomic E-state index is -0.893. The number of nitrogens with zero attached hydrogens (tertiary/aromatic N) is 2. The van der Waals surface area contributed by atoms with Gasteiger partial charge in [0, 0.05) is 17.8 Å². The molecular formula is C22H29BrN2O3. The summed E-state index contributed by atoms with van der Waals surface area (Å²) >= 11 is 3.69. The highest BCUT2D eigenvalue weighted by Gasteiger charge is 2.24. The van der Waals surface area contributed by atoms with Crippen LogP contribution in [0, 0.1) is 11.8 Å². The number of hydrogen-bond acceptors (Lipinski definition) is 3. The Bertz CT molecular complexity index is 768. The summed E-state index contributed by atoms with van der Waals surface area (Å²) in [7, 11) is 0. The van der Waals surface area contributed by atoms with E-state index >= 15 is 0 Å². The lowest BCUT2D eigenvalue weighted by molar-refractivity contribution is -0.142. The van der Waals surface area contributed by atoms with E-state index in [1.165, 1.54) is 16.8 Å². The molecule has 0 saturated heterocycles. The van der Waals surface area contributed by atoms with Crippen LogP contribution in [0.3, 0.4) is 0 Å². The van der Waals surface area contributed by atoms with Crippen molar-refractivity contribution in [2.45, 2.75) is 52.0 Å². The predicted molar refractivity (Wildman–Crippen MR) is 113 cm³/mol. The van der Waals surface area contributed by atoms with Crippen LogP contribution in [-0.2, 0) is 22.5 Å². The maximum absolute atomic E-state index is 10.6. The second-order valence-corrected chi connectivity index (χ2v) is 8.46. The zero-order valence-corrected chi connectivity index (χ0v) is 18.0. The van der Waals surface area contributed by atoms with Gasteiger partial charge in [0.2, 0.25) is 0 Å². The molecule has 2 aromatic rings. The van der Waals surface area contributed by atoms with Gasteiger partial charge in [-0.15, -0.1) is 0 Å². The van der Waals surface area contributed by atoms with Gasteiger partial charge >= 0.3 is 5.97 Å². The number of ether oxygens (including phenoxy) is 1. The van der Waals surface area contributed by atoms with Crippen LogP contribution in [-0.4, -0.2) is 34.1 Å². The molecule has 0 bridgehead atoms. The number of carboxylic acids is 1. The van der Waals surface area contributed by atoms with Crippen molar-refractivity contribution in [1.82, 2.24) is 9.78 Å². The van der Waals surface area contributed by atoms with Crippen LogP contribution in [0.1, 0.15) is 44.7 Å². The van der Waals surface area contributed by atoms with Crippen LogP contribution in [0.25, 0.3) is 11.1 Å². The number of aromatic nitrogens is 2. The maximum atomic E-state index is 10.6. The second-order valence-electron chi connectivity index (χ2n) is 7.71. The minimum absolute atomic E-state index is 0.191. The maximum Gasteiger partial charge on any atom is 0.329 e. The molecule has 28 heavy (non-hydrogen) atoms. The predicted octanol–water partition coefficient (Wildman–Crippen LogP) is 5.17. The smallest absolute Gasteiger partial charge is 0.329 e. The summed E-state index contributed by atoms with van der Waals surface area (Å²) in [6, 6.07) is 10.5. The topological polar surface area (TPSA) is 64.4 Å². The lowest BCUT2D eigenvalue weighted by Crippen LogP contribution is -2.23. The van der Waals surface area contributed by atoms with E-state index in [4.69, 9.17) is 14.9 Å². The molecule has 152 valence electrons. The summed E-state index contributed by atoms with van der Waals surface area (Å²) in [4.78, 5) is 10.6. The molecule has 0 atom stereocenters. The molecule has 6 heteroatoms. The number of carboxylic acid groups (broad SMARTS) is 1. The van der Waals surface area contributed by atoms with Gasteiger partial charge in [0.15, 0.2) is 0 Å². The normalized spacial score (nSPS) is 19.6. The van der Waals surface area contributed by atoms with E-state index in [1.807, 2.05) is 6.07 Å². The van der Waals surface area contributed by atoms with E-state index < -0.39 is 5.97 Å². The molecule has 0 spiro atoms. The zero-order chi connectivity index (χ0) is 19.9. The number of hydrogen-bond donors (Lipinski definition) is 1. The number of benzene rings is 1. The molecule has 1 fully saturated rings. The molecule has 0 amide bonds. The Balaban J connectivity index is 1.64. The third-order valence-corrected chi connectivity index (χ3v) is 6.10. The van der Waals surface area contributed by atoms with Crippen molar-refractivity contribution < 1.29 is 14.6 Å². The van der Waals surface area contributed by atoms with Crippen LogP contribution in [0.2, 0.25) is 0 Å². The first-order valence-electron chi connectivity index (χ1n) is 10.2. The van der Waals surface area contributed by atoms with Crippen molar-refractivity contribution in [2.75, 3.05) is 13.2 Å². The summed E-state index contributed by atoms with van der Waals surface area (Å²) in [5.41, 5.74) is 3.74. The van der Waals surface area contributed by atoms with Crippen molar-refractivity contribution in [1.29, 1.82) is 0 Å². The number of rotatable bonds is 9. The van der Waals surface area contributed by atoms with E-state index in [0.717, 1.165) is 49.7 Å². The fraction of sp³-hybridized carbons (Fsp3) is 0.545. The highest BCUT2D eigenvalue weighted by Crippen LogP contribution is 2.35. The van der Waals surface area contributed by atoms with Gasteiger partial charge in [0.25, 0.3) is 0 Å². The number of aliphatic carboxylic acids is 1. The summed E-state index contributed by atoms with van der Waals surface area (Å²) in [6.45, 7) is 3.53. The van der Waals surface area contributed by atoms with Gasteiger partial charge in [-0.25, -0.2) is 4.79 Å². The van der Waals surface area contributed by atoms with E-state index in [9.17, 15) is 4.79 Å². The third kappa shape index (κ3) is 5.45. The van der Waals surface area contributed by atoms with E-state index in [-0.39, 0.29) is 6.61 Å². The summed E-state index contributed by atoms with van der Waals surface area (Å²) in [5, 5.41) is 13.5. The molecule has 1 heterocycles. The molecule has 3 rings (SSSR count). The van der Waals surface area contributed by atoms with Gasteiger partial charge in [0.05, 0.1) is 6.61 Å². The molecule has 1 aliphatic rings. The lowest BCUT2D eigenvalue weighted by Gasteiger charge is -2.28. The first kappa shape index (κ1) is 21.1. The van der Waals surface area contributed by atoms with Crippen molar-refractivity contribution in [3.63, 3.8) is 0 Å². The van der Waals surface area contributed by atoms with Crippen molar-refractivity contribution in [3.8, 4) is 11.1 Å². The molecule has 1 aliphatic carbocycles. The number of halogens is 1. The number of carbonyl (C=O) groups is 1. The largest absolute Gasteiger partial charge is 0.480 e. The molecule has 5 nitrogen and oxygen atoms in total. The van der Waals surface area contributed by atoms with Gasteiger partial charge in [-0.1, -0.05) is 43.7 Å². The molecular weight excluding hydrogens is 420 g/mol. The minimum Gasteiger partial charge on any atom is -0.480 e. The monoisotopic (exact) mass is 448 g/mol. The average Bonchev–Trinajstić information content (AvgIpc) is 2.99. The van der Waals surface area contributed by atoms with Crippen LogP contribution in [0.15, 0.2) is 34.9 Å². The molecule has 0 unspecified atom stereocenters. The van der Waals surface area contributed by atoms with Crippen LogP contribution in [0.5, 0.6) is 0 Å². The Kier molecular flexibility index (Phi) is 7.68. The van der Waals surface area contributed by atoms with Gasteiger partial charge in [0.1, 0.15) is 11.2 Å². The quantitative estimate of drug-likeness (QED) is 0.574. The lowest BCUT2D eigenvalue weighted by atomic mass is 9.82. The summed E-state index contributed by atoms with van der Waals surface area (Å²) < 4.78 is 8.42. The first-order valence-corrected chi connectivity index (χ1v) is 11.0. The Morgan fingerprint density at radius 1 is 1.21 bits per heavy atom. The summed E-state index contributed by atoms with van der Waals surface area (Å²) in [6.07, 6.45) is 6.59. The van der Waals surface area contributed by atoms with Crippen molar-refractivity contribution in [2.24, 2.45) is 11.8 Å². The molecule has 0 aliphatic heterocycles. The fourth-order valence-corrected chi connectivity index (χ4v) is 4.78. The highest BCUT2D eigenvalue weighted by molar-refractivity contribution is 9.10. The Morgan fingerprint density at radius 2 is 1.89 bits per heavy atom.